The van der Waals surface area contributed by atoms with Gasteiger partial charge in [0.15, 0.2) is 0 Å². The van der Waals surface area contributed by atoms with Crippen molar-refractivity contribution in [2.75, 3.05) is 5.32 Å². The number of rotatable bonds is 5. The molecule has 2 unspecified atom stereocenters. The average Bonchev–Trinajstić information content (AvgIpc) is 3.26. The molecule has 2 aromatic rings. The highest BCUT2D eigenvalue weighted by Gasteiger charge is 2.37. The van der Waals surface area contributed by atoms with Gasteiger partial charge in [-0.05, 0) is 23.6 Å². The number of carbonyl (C=O) groups excluding carboxylic acids is 1. The van der Waals surface area contributed by atoms with Crippen LogP contribution in [0, 0.1) is 0 Å². The molecule has 0 bridgehead atoms. The van der Waals surface area contributed by atoms with Crippen LogP contribution in [0.5, 0.6) is 0 Å². The molecule has 0 saturated heterocycles. The summed E-state index contributed by atoms with van der Waals surface area (Å²) < 4.78 is 0. The van der Waals surface area contributed by atoms with Gasteiger partial charge in [-0.1, -0.05) is 48.5 Å². The molecule has 3 heteroatoms. The third-order valence-corrected chi connectivity index (χ3v) is 3.90. The predicted octanol–water partition coefficient (Wildman–Crippen LogP) is 3.29. The fourth-order valence-corrected chi connectivity index (χ4v) is 2.72. The van der Waals surface area contributed by atoms with E-state index in [0.717, 1.165) is 17.8 Å². The van der Waals surface area contributed by atoms with Gasteiger partial charge in [0, 0.05) is 31.1 Å². The highest BCUT2D eigenvalue weighted by atomic mass is 16.1. The Morgan fingerprint density at radius 3 is 2.57 bits per heavy atom. The third kappa shape index (κ3) is 3.50. The number of amides is 1. The summed E-state index contributed by atoms with van der Waals surface area (Å²) in [6, 6.07) is 19.1. The van der Waals surface area contributed by atoms with E-state index in [1.54, 1.807) is 0 Å². The Morgan fingerprint density at radius 1 is 1.10 bits per heavy atom. The van der Waals surface area contributed by atoms with Crippen LogP contribution in [0.2, 0.25) is 0 Å². The number of para-hydroxylation sites is 1. The quantitative estimate of drug-likeness (QED) is 0.882. The fraction of sp³-hybridized carbons (Fsp3) is 0.278. The van der Waals surface area contributed by atoms with Crippen LogP contribution in [-0.4, -0.2) is 11.9 Å². The first-order valence-electron chi connectivity index (χ1n) is 7.38. The molecule has 3 rings (SSSR count). The summed E-state index contributed by atoms with van der Waals surface area (Å²) in [5.74, 6) is 0.593. The van der Waals surface area contributed by atoms with E-state index < -0.39 is 0 Å². The van der Waals surface area contributed by atoms with Gasteiger partial charge in [-0.15, -0.1) is 0 Å². The highest BCUT2D eigenvalue weighted by Crippen LogP contribution is 2.40. The molecule has 2 aromatic carbocycles. The van der Waals surface area contributed by atoms with Gasteiger partial charge in [-0.25, -0.2) is 0 Å². The topological polar surface area (TPSA) is 41.1 Å². The van der Waals surface area contributed by atoms with E-state index in [-0.39, 0.29) is 5.91 Å². The van der Waals surface area contributed by atoms with E-state index in [1.807, 2.05) is 18.2 Å². The van der Waals surface area contributed by atoms with Crippen LogP contribution in [0.3, 0.4) is 0 Å². The van der Waals surface area contributed by atoms with E-state index in [2.05, 4.69) is 47.0 Å². The average molecular weight is 280 g/mol. The molecule has 2 N–H and O–H groups in total. The Balaban J connectivity index is 1.58. The fourth-order valence-electron chi connectivity index (χ4n) is 2.72. The molecule has 0 radical (unpaired) electrons. The van der Waals surface area contributed by atoms with E-state index in [0.29, 0.717) is 12.0 Å². The first kappa shape index (κ1) is 13.8. The van der Waals surface area contributed by atoms with E-state index in [4.69, 9.17) is 0 Å². The zero-order valence-electron chi connectivity index (χ0n) is 12.2. The number of hydrogen-bond donors (Lipinski definition) is 2. The lowest BCUT2D eigenvalue weighted by atomic mass is 10.1. The second kappa shape index (κ2) is 6.10. The summed E-state index contributed by atoms with van der Waals surface area (Å²) in [7, 11) is 0. The third-order valence-electron chi connectivity index (χ3n) is 3.90. The van der Waals surface area contributed by atoms with Crippen LogP contribution in [0.4, 0.5) is 5.69 Å². The molecular formula is C18H20N2O. The van der Waals surface area contributed by atoms with Gasteiger partial charge in [-0.3, -0.25) is 4.79 Å². The molecule has 0 spiro atoms. The summed E-state index contributed by atoms with van der Waals surface area (Å²) in [6.45, 7) is 2.32. The molecule has 0 heterocycles. The van der Waals surface area contributed by atoms with Crippen molar-refractivity contribution in [1.29, 1.82) is 0 Å². The zero-order chi connectivity index (χ0) is 14.7. The number of hydrogen-bond acceptors (Lipinski definition) is 2. The normalized spacial score (nSPS) is 20.0. The minimum absolute atomic E-state index is 0.0314. The Hall–Kier alpha value is -2.13. The maximum absolute atomic E-state index is 11.2. The monoisotopic (exact) mass is 280 g/mol. The number of anilines is 1. The second-order valence-corrected chi connectivity index (χ2v) is 5.58. The van der Waals surface area contributed by atoms with Gasteiger partial charge in [0.25, 0.3) is 0 Å². The van der Waals surface area contributed by atoms with Crippen molar-refractivity contribution in [3.05, 3.63) is 65.7 Å². The number of nitrogens with one attached hydrogen (secondary N) is 2. The van der Waals surface area contributed by atoms with Crippen molar-refractivity contribution in [2.45, 2.75) is 31.8 Å². The molecule has 1 saturated carbocycles. The van der Waals surface area contributed by atoms with Crippen LogP contribution >= 0.6 is 0 Å². The first-order chi connectivity index (χ1) is 10.2. The van der Waals surface area contributed by atoms with Crippen molar-refractivity contribution < 1.29 is 4.79 Å². The molecule has 2 atom stereocenters. The molecule has 1 amide bonds. The van der Waals surface area contributed by atoms with Crippen molar-refractivity contribution in [3.63, 3.8) is 0 Å². The summed E-state index contributed by atoms with van der Waals surface area (Å²) in [5.41, 5.74) is 3.44. The molecule has 1 aliphatic carbocycles. The van der Waals surface area contributed by atoms with Crippen molar-refractivity contribution in [3.8, 4) is 0 Å². The van der Waals surface area contributed by atoms with Crippen LogP contribution in [-0.2, 0) is 11.3 Å². The molecule has 108 valence electrons. The van der Waals surface area contributed by atoms with Gasteiger partial charge in [0.05, 0.1) is 0 Å². The van der Waals surface area contributed by atoms with Crippen molar-refractivity contribution >= 4 is 11.6 Å². The van der Waals surface area contributed by atoms with E-state index >= 15 is 0 Å². The number of carbonyl (C=O) groups is 1. The van der Waals surface area contributed by atoms with Gasteiger partial charge in [0.2, 0.25) is 5.91 Å². The maximum Gasteiger partial charge on any atom is 0.221 e. The van der Waals surface area contributed by atoms with E-state index in [1.165, 1.54) is 18.9 Å². The summed E-state index contributed by atoms with van der Waals surface area (Å²) in [5, 5.41) is 6.47. The molecule has 1 aliphatic rings. The van der Waals surface area contributed by atoms with Gasteiger partial charge < -0.3 is 10.6 Å². The standard InChI is InChI=1S/C18H20N2O/c1-13(21)20-17-10-6-5-9-15(17)12-19-18-11-16(18)14-7-3-2-4-8-14/h2-10,16,18-19H,11-12H2,1H3,(H,20,21). The Labute approximate surface area is 125 Å². The van der Waals surface area contributed by atoms with Crippen LogP contribution in [0.25, 0.3) is 0 Å². The van der Waals surface area contributed by atoms with Crippen molar-refractivity contribution in [2.24, 2.45) is 0 Å². The molecular weight excluding hydrogens is 260 g/mol. The SMILES string of the molecule is CC(=O)Nc1ccccc1CNC1CC1c1ccccc1. The molecule has 3 nitrogen and oxygen atoms in total. The van der Waals surface area contributed by atoms with Gasteiger partial charge in [0.1, 0.15) is 0 Å². The maximum atomic E-state index is 11.2. The summed E-state index contributed by atoms with van der Waals surface area (Å²) >= 11 is 0. The van der Waals surface area contributed by atoms with Crippen molar-refractivity contribution in [1.82, 2.24) is 5.32 Å². The Bertz CT molecular complexity index is 624. The Morgan fingerprint density at radius 2 is 1.81 bits per heavy atom. The summed E-state index contributed by atoms with van der Waals surface area (Å²) in [4.78, 5) is 11.2. The smallest absolute Gasteiger partial charge is 0.221 e. The largest absolute Gasteiger partial charge is 0.326 e. The first-order valence-corrected chi connectivity index (χ1v) is 7.38. The van der Waals surface area contributed by atoms with Crippen LogP contribution in [0.15, 0.2) is 54.6 Å². The van der Waals surface area contributed by atoms with Crippen LogP contribution < -0.4 is 10.6 Å². The molecule has 0 aromatic heterocycles. The molecule has 1 fully saturated rings. The minimum atomic E-state index is -0.0314. The molecule has 0 aliphatic heterocycles. The summed E-state index contributed by atoms with van der Waals surface area (Å²) in [6.07, 6.45) is 1.19. The lowest BCUT2D eigenvalue weighted by Crippen LogP contribution is -2.19. The zero-order valence-corrected chi connectivity index (χ0v) is 12.2. The van der Waals surface area contributed by atoms with E-state index in [9.17, 15) is 4.79 Å². The minimum Gasteiger partial charge on any atom is -0.326 e. The second-order valence-electron chi connectivity index (χ2n) is 5.58. The lowest BCUT2D eigenvalue weighted by molar-refractivity contribution is -0.114. The Kier molecular flexibility index (Phi) is 4.02. The lowest BCUT2D eigenvalue weighted by Gasteiger charge is -2.10. The van der Waals surface area contributed by atoms with Gasteiger partial charge in [-0.2, -0.15) is 0 Å². The highest BCUT2D eigenvalue weighted by molar-refractivity contribution is 5.89. The van der Waals surface area contributed by atoms with Crippen LogP contribution in [0.1, 0.15) is 30.4 Å². The number of benzene rings is 2. The molecule has 21 heavy (non-hydrogen) atoms. The van der Waals surface area contributed by atoms with Gasteiger partial charge >= 0.3 is 0 Å². The predicted molar refractivity (Wildman–Crippen MR) is 85.2 cm³/mol.